The van der Waals surface area contributed by atoms with Crippen LogP contribution in [0.25, 0.3) is 0 Å². The normalized spacial score (nSPS) is 21.2. The highest BCUT2D eigenvalue weighted by Crippen LogP contribution is 2.42. The molecule has 1 aromatic carbocycles. The lowest BCUT2D eigenvalue weighted by Gasteiger charge is -2.46. The zero-order chi connectivity index (χ0) is 15.7. The summed E-state index contributed by atoms with van der Waals surface area (Å²) in [5, 5.41) is 9.20. The third kappa shape index (κ3) is 3.00. The molecule has 2 heterocycles. The fraction of sp³-hybridized carbons (Fsp3) is 0.562. The van der Waals surface area contributed by atoms with Gasteiger partial charge in [-0.15, -0.1) is 0 Å². The first kappa shape index (κ1) is 15.4. The van der Waals surface area contributed by atoms with Crippen molar-refractivity contribution in [1.29, 1.82) is 0 Å². The monoisotopic (exact) mass is 326 g/mol. The molecule has 0 atom stereocenters. The van der Waals surface area contributed by atoms with Crippen LogP contribution in [0.4, 0.5) is 14.9 Å². The molecule has 0 aliphatic carbocycles. The van der Waals surface area contributed by atoms with Gasteiger partial charge in [0.1, 0.15) is 5.82 Å². The third-order valence-electron chi connectivity index (χ3n) is 5.19. The Morgan fingerprint density at radius 1 is 1.14 bits per heavy atom. The first-order chi connectivity index (χ1) is 10.5. The van der Waals surface area contributed by atoms with Gasteiger partial charge in [-0.05, 0) is 49.3 Å². The maximum atomic E-state index is 13.3. The minimum absolute atomic E-state index is 0.160. The highest BCUT2D eigenvalue weighted by atomic mass is 35.5. The fourth-order valence-corrected chi connectivity index (χ4v) is 3.77. The zero-order valence-corrected chi connectivity index (χ0v) is 13.2. The SMILES string of the molecule is O=C(O)N1CCC2(CC1)CCN(c1ccc(F)c(Cl)c1)CC2. The van der Waals surface area contributed by atoms with Crippen molar-refractivity contribution >= 4 is 23.4 Å². The Kier molecular flexibility index (Phi) is 4.17. The van der Waals surface area contributed by atoms with Crippen molar-refractivity contribution < 1.29 is 14.3 Å². The Labute approximate surface area is 134 Å². The molecule has 120 valence electrons. The number of rotatable bonds is 1. The van der Waals surface area contributed by atoms with Crippen LogP contribution in [0.15, 0.2) is 18.2 Å². The van der Waals surface area contributed by atoms with E-state index in [1.807, 2.05) is 0 Å². The molecule has 0 radical (unpaired) electrons. The fourth-order valence-electron chi connectivity index (χ4n) is 3.59. The van der Waals surface area contributed by atoms with Gasteiger partial charge in [0.25, 0.3) is 0 Å². The zero-order valence-electron chi connectivity index (χ0n) is 12.4. The van der Waals surface area contributed by atoms with Crippen molar-refractivity contribution in [3.05, 3.63) is 29.0 Å². The van der Waals surface area contributed by atoms with E-state index in [2.05, 4.69) is 4.90 Å². The van der Waals surface area contributed by atoms with E-state index >= 15 is 0 Å². The van der Waals surface area contributed by atoms with Crippen LogP contribution in [0.2, 0.25) is 5.02 Å². The van der Waals surface area contributed by atoms with E-state index in [4.69, 9.17) is 16.7 Å². The van der Waals surface area contributed by atoms with Gasteiger partial charge in [-0.3, -0.25) is 0 Å². The minimum atomic E-state index is -0.812. The molecule has 1 spiro atoms. The Morgan fingerprint density at radius 3 is 2.27 bits per heavy atom. The molecular formula is C16H20ClFN2O2. The van der Waals surface area contributed by atoms with Crippen molar-refractivity contribution in [2.75, 3.05) is 31.1 Å². The lowest BCUT2D eigenvalue weighted by atomic mass is 9.71. The number of halogens is 2. The summed E-state index contributed by atoms with van der Waals surface area (Å²) in [6, 6.07) is 4.86. The summed E-state index contributed by atoms with van der Waals surface area (Å²) in [5.41, 5.74) is 1.23. The predicted octanol–water partition coefficient (Wildman–Crippen LogP) is 3.84. The molecule has 6 heteroatoms. The standard InChI is InChI=1S/C16H20ClFN2O2/c17-13-11-12(1-2-14(13)18)19-7-3-16(4-8-19)5-9-20(10-6-16)15(21)22/h1-2,11H,3-10H2,(H,21,22). The number of carboxylic acid groups (broad SMARTS) is 1. The van der Waals surface area contributed by atoms with Gasteiger partial charge in [-0.1, -0.05) is 11.6 Å². The summed E-state index contributed by atoms with van der Waals surface area (Å²) in [7, 11) is 0. The summed E-state index contributed by atoms with van der Waals surface area (Å²) in [5.74, 6) is -0.389. The van der Waals surface area contributed by atoms with Crippen LogP contribution >= 0.6 is 11.6 Å². The first-order valence-corrected chi connectivity index (χ1v) is 8.05. The van der Waals surface area contributed by atoms with E-state index in [0.29, 0.717) is 13.1 Å². The van der Waals surface area contributed by atoms with Crippen LogP contribution in [-0.2, 0) is 0 Å². The number of amides is 1. The van der Waals surface area contributed by atoms with Gasteiger partial charge >= 0.3 is 6.09 Å². The molecule has 4 nitrogen and oxygen atoms in total. The molecule has 2 saturated heterocycles. The van der Waals surface area contributed by atoms with E-state index in [-0.39, 0.29) is 16.3 Å². The molecule has 2 aliphatic heterocycles. The van der Waals surface area contributed by atoms with Crippen LogP contribution in [-0.4, -0.2) is 42.3 Å². The Hall–Kier alpha value is -1.49. The van der Waals surface area contributed by atoms with Crippen molar-refractivity contribution in [3.63, 3.8) is 0 Å². The van der Waals surface area contributed by atoms with Gasteiger partial charge in [0.05, 0.1) is 5.02 Å². The second-order valence-electron chi connectivity index (χ2n) is 6.36. The number of likely N-dealkylation sites (tertiary alicyclic amines) is 1. The van der Waals surface area contributed by atoms with E-state index in [1.165, 1.54) is 11.0 Å². The largest absolute Gasteiger partial charge is 0.465 e. The Bertz CT molecular complexity index is 563. The molecule has 22 heavy (non-hydrogen) atoms. The smallest absolute Gasteiger partial charge is 0.407 e. The van der Waals surface area contributed by atoms with Gasteiger partial charge in [-0.25, -0.2) is 9.18 Å². The maximum absolute atomic E-state index is 13.3. The molecule has 1 N–H and O–H groups in total. The Morgan fingerprint density at radius 2 is 1.73 bits per heavy atom. The number of anilines is 1. The molecule has 2 fully saturated rings. The predicted molar refractivity (Wildman–Crippen MR) is 84.1 cm³/mol. The summed E-state index contributed by atoms with van der Waals surface area (Å²) >= 11 is 5.86. The molecule has 3 rings (SSSR count). The van der Waals surface area contributed by atoms with Crippen LogP contribution < -0.4 is 4.90 Å². The van der Waals surface area contributed by atoms with Gasteiger partial charge in [0, 0.05) is 31.9 Å². The van der Waals surface area contributed by atoms with E-state index in [0.717, 1.165) is 44.5 Å². The number of hydrogen-bond donors (Lipinski definition) is 1. The van der Waals surface area contributed by atoms with E-state index in [1.54, 1.807) is 12.1 Å². The summed E-state index contributed by atoms with van der Waals surface area (Å²) in [6.45, 7) is 3.10. The summed E-state index contributed by atoms with van der Waals surface area (Å²) < 4.78 is 13.3. The molecule has 0 saturated carbocycles. The number of hydrogen-bond acceptors (Lipinski definition) is 2. The van der Waals surface area contributed by atoms with Crippen LogP contribution in [0.1, 0.15) is 25.7 Å². The quantitative estimate of drug-likeness (QED) is 0.852. The second-order valence-corrected chi connectivity index (χ2v) is 6.76. The maximum Gasteiger partial charge on any atom is 0.407 e. The van der Waals surface area contributed by atoms with Crippen molar-refractivity contribution in [1.82, 2.24) is 4.90 Å². The van der Waals surface area contributed by atoms with Crippen LogP contribution in [0.3, 0.4) is 0 Å². The highest BCUT2D eigenvalue weighted by molar-refractivity contribution is 6.31. The van der Waals surface area contributed by atoms with Gasteiger partial charge in [0.15, 0.2) is 0 Å². The molecule has 0 aromatic heterocycles. The van der Waals surface area contributed by atoms with E-state index in [9.17, 15) is 9.18 Å². The average Bonchev–Trinajstić information content (AvgIpc) is 2.51. The van der Waals surface area contributed by atoms with Crippen LogP contribution in [0.5, 0.6) is 0 Å². The van der Waals surface area contributed by atoms with E-state index < -0.39 is 6.09 Å². The van der Waals surface area contributed by atoms with Crippen molar-refractivity contribution in [2.24, 2.45) is 5.41 Å². The Balaban J connectivity index is 1.61. The van der Waals surface area contributed by atoms with Crippen molar-refractivity contribution in [2.45, 2.75) is 25.7 Å². The summed E-state index contributed by atoms with van der Waals surface area (Å²) in [4.78, 5) is 14.7. The third-order valence-corrected chi connectivity index (χ3v) is 5.48. The molecular weight excluding hydrogens is 307 g/mol. The van der Waals surface area contributed by atoms with Gasteiger partial charge < -0.3 is 14.9 Å². The molecule has 2 aliphatic rings. The van der Waals surface area contributed by atoms with Gasteiger partial charge in [0.2, 0.25) is 0 Å². The van der Waals surface area contributed by atoms with Gasteiger partial charge in [-0.2, -0.15) is 0 Å². The number of nitrogens with zero attached hydrogens (tertiary/aromatic N) is 2. The average molecular weight is 327 g/mol. The minimum Gasteiger partial charge on any atom is -0.465 e. The molecule has 0 bridgehead atoms. The molecule has 1 amide bonds. The number of benzene rings is 1. The highest BCUT2D eigenvalue weighted by Gasteiger charge is 2.38. The number of carbonyl (C=O) groups is 1. The molecule has 0 unspecified atom stereocenters. The summed E-state index contributed by atoms with van der Waals surface area (Å²) in [6.07, 6.45) is 3.17. The van der Waals surface area contributed by atoms with Crippen LogP contribution in [0, 0.1) is 11.2 Å². The second kappa shape index (κ2) is 5.95. The first-order valence-electron chi connectivity index (χ1n) is 7.67. The lowest BCUT2D eigenvalue weighted by Crippen LogP contribution is -2.48. The van der Waals surface area contributed by atoms with Crippen molar-refractivity contribution in [3.8, 4) is 0 Å². The molecule has 1 aromatic rings. The number of piperidine rings is 2. The lowest BCUT2D eigenvalue weighted by molar-refractivity contribution is 0.0736. The topological polar surface area (TPSA) is 43.8 Å².